The van der Waals surface area contributed by atoms with E-state index in [1.54, 1.807) is 17.0 Å². The van der Waals surface area contributed by atoms with E-state index in [-0.39, 0.29) is 37.1 Å². The third-order valence-electron chi connectivity index (χ3n) is 8.23. The Labute approximate surface area is 220 Å². The lowest BCUT2D eigenvalue weighted by Crippen LogP contribution is -2.56. The second-order valence-electron chi connectivity index (χ2n) is 10.7. The van der Waals surface area contributed by atoms with E-state index in [0.717, 1.165) is 67.9 Å². The van der Waals surface area contributed by atoms with Gasteiger partial charge in [-0.2, -0.15) is 0 Å². The summed E-state index contributed by atoms with van der Waals surface area (Å²) in [5.74, 6) is -0.688. The SMILES string of the molecule is O=C(CNC(=O)COc1ccc2c3c(c(=O)oc2c1)CCCC3)NCC(=O)N1CC[C@]2(O)CCCC[C@@H]2C1. The van der Waals surface area contributed by atoms with Crippen LogP contribution in [0.2, 0.25) is 0 Å². The summed E-state index contributed by atoms with van der Waals surface area (Å²) in [7, 11) is 0. The van der Waals surface area contributed by atoms with Gasteiger partial charge in [0.05, 0.1) is 18.7 Å². The third kappa shape index (κ3) is 5.70. The Bertz CT molecular complexity index is 1290. The molecule has 5 rings (SSSR count). The number of rotatable bonds is 7. The standard InChI is InChI=1S/C28H35N3O7/c32-24(30-15-26(34)31-12-11-28(36)10-4-3-5-18(28)16-31)14-29-25(33)17-37-19-8-9-21-20-6-1-2-7-22(20)27(35)38-23(21)13-19/h8-9,13,18,36H,1-7,10-12,14-17H2,(H,29,33)(H,30,32)/t18-,28-/m1/s1. The Hall–Kier alpha value is -3.40. The van der Waals surface area contributed by atoms with Crippen LogP contribution in [0.5, 0.6) is 5.75 Å². The number of piperidine rings is 1. The van der Waals surface area contributed by atoms with E-state index in [4.69, 9.17) is 9.15 Å². The van der Waals surface area contributed by atoms with Gasteiger partial charge in [-0.15, -0.1) is 0 Å². The first-order valence-corrected chi connectivity index (χ1v) is 13.6. The van der Waals surface area contributed by atoms with Gasteiger partial charge in [0.25, 0.3) is 5.91 Å². The van der Waals surface area contributed by atoms with Crippen molar-refractivity contribution in [1.29, 1.82) is 0 Å². The lowest BCUT2D eigenvalue weighted by atomic mass is 9.71. The van der Waals surface area contributed by atoms with Crippen molar-refractivity contribution in [3.63, 3.8) is 0 Å². The lowest BCUT2D eigenvalue weighted by Gasteiger charge is -2.47. The number of fused-ring (bicyclic) bond motifs is 4. The van der Waals surface area contributed by atoms with Crippen LogP contribution in [0.4, 0.5) is 0 Å². The van der Waals surface area contributed by atoms with Crippen LogP contribution in [0.15, 0.2) is 27.4 Å². The summed E-state index contributed by atoms with van der Waals surface area (Å²) in [6.07, 6.45) is 7.96. The Morgan fingerprint density at radius 3 is 2.66 bits per heavy atom. The number of benzene rings is 1. The van der Waals surface area contributed by atoms with E-state index in [1.807, 2.05) is 6.07 Å². The van der Waals surface area contributed by atoms with Crippen LogP contribution in [0, 0.1) is 5.92 Å². The molecule has 10 nitrogen and oxygen atoms in total. The zero-order valence-corrected chi connectivity index (χ0v) is 21.6. The van der Waals surface area contributed by atoms with Crippen molar-refractivity contribution in [3.05, 3.63) is 39.7 Å². The van der Waals surface area contributed by atoms with Crippen molar-refractivity contribution in [2.75, 3.05) is 32.8 Å². The highest BCUT2D eigenvalue weighted by molar-refractivity contribution is 5.88. The largest absolute Gasteiger partial charge is 0.484 e. The number of amides is 3. The van der Waals surface area contributed by atoms with E-state index in [0.29, 0.717) is 30.8 Å². The first kappa shape index (κ1) is 26.2. The summed E-state index contributed by atoms with van der Waals surface area (Å²) < 4.78 is 11.0. The minimum Gasteiger partial charge on any atom is -0.484 e. The van der Waals surface area contributed by atoms with E-state index < -0.39 is 17.4 Å². The first-order chi connectivity index (χ1) is 18.3. The molecule has 1 aliphatic heterocycles. The number of nitrogens with zero attached hydrogens (tertiary/aromatic N) is 1. The number of likely N-dealkylation sites (tertiary alicyclic amines) is 1. The highest BCUT2D eigenvalue weighted by Crippen LogP contribution is 2.39. The quantitative estimate of drug-likeness (QED) is 0.465. The van der Waals surface area contributed by atoms with Gasteiger partial charge in [-0.3, -0.25) is 14.4 Å². The van der Waals surface area contributed by atoms with Crippen molar-refractivity contribution < 1.29 is 28.6 Å². The Morgan fingerprint density at radius 2 is 1.82 bits per heavy atom. The maximum Gasteiger partial charge on any atom is 0.339 e. The predicted octanol–water partition coefficient (Wildman–Crippen LogP) is 1.44. The van der Waals surface area contributed by atoms with Gasteiger partial charge in [0.2, 0.25) is 11.8 Å². The summed E-state index contributed by atoms with van der Waals surface area (Å²) in [5, 5.41) is 16.7. The van der Waals surface area contributed by atoms with Crippen LogP contribution in [0.25, 0.3) is 11.0 Å². The minimum absolute atomic E-state index is 0.0907. The molecule has 2 heterocycles. The average molecular weight is 526 g/mol. The number of carbonyl (C=O) groups is 3. The van der Waals surface area contributed by atoms with E-state index in [2.05, 4.69) is 10.6 Å². The van der Waals surface area contributed by atoms with Gasteiger partial charge < -0.3 is 29.8 Å². The number of nitrogens with one attached hydrogen (secondary N) is 2. The van der Waals surface area contributed by atoms with Gasteiger partial charge in [0.1, 0.15) is 11.3 Å². The molecule has 0 spiro atoms. The number of ether oxygens (including phenoxy) is 1. The van der Waals surface area contributed by atoms with Gasteiger partial charge in [-0.05, 0) is 62.6 Å². The number of aryl methyl sites for hydroxylation is 1. The van der Waals surface area contributed by atoms with E-state index >= 15 is 0 Å². The van der Waals surface area contributed by atoms with E-state index in [9.17, 15) is 24.3 Å². The maximum atomic E-state index is 12.6. The number of carbonyl (C=O) groups excluding carboxylic acids is 3. The lowest BCUT2D eigenvalue weighted by molar-refractivity contribution is -0.143. The van der Waals surface area contributed by atoms with Gasteiger partial charge in [-0.25, -0.2) is 4.79 Å². The summed E-state index contributed by atoms with van der Waals surface area (Å²) >= 11 is 0. The fraction of sp³-hybridized carbons (Fsp3) is 0.571. The van der Waals surface area contributed by atoms with Crippen LogP contribution in [-0.2, 0) is 27.2 Å². The van der Waals surface area contributed by atoms with Gasteiger partial charge in [0.15, 0.2) is 6.61 Å². The van der Waals surface area contributed by atoms with Gasteiger partial charge in [-0.1, -0.05) is 12.8 Å². The second-order valence-corrected chi connectivity index (χ2v) is 10.7. The number of aliphatic hydroxyl groups is 1. The molecule has 2 aliphatic carbocycles. The molecule has 1 saturated carbocycles. The van der Waals surface area contributed by atoms with Crippen LogP contribution in [-0.4, -0.2) is 66.1 Å². The third-order valence-corrected chi connectivity index (χ3v) is 8.23. The molecule has 1 aromatic carbocycles. The zero-order valence-electron chi connectivity index (χ0n) is 21.6. The highest BCUT2D eigenvalue weighted by Gasteiger charge is 2.43. The Kier molecular flexibility index (Phi) is 7.69. The van der Waals surface area contributed by atoms with Gasteiger partial charge >= 0.3 is 5.63 Å². The van der Waals surface area contributed by atoms with E-state index in [1.165, 1.54) is 0 Å². The van der Waals surface area contributed by atoms with Crippen molar-refractivity contribution in [1.82, 2.24) is 15.5 Å². The molecule has 204 valence electrons. The smallest absolute Gasteiger partial charge is 0.339 e. The van der Waals surface area contributed by atoms with Crippen molar-refractivity contribution >= 4 is 28.7 Å². The first-order valence-electron chi connectivity index (χ1n) is 13.6. The molecule has 1 saturated heterocycles. The molecule has 0 bridgehead atoms. The number of hydrogen-bond donors (Lipinski definition) is 3. The molecule has 2 fully saturated rings. The molecule has 0 radical (unpaired) electrons. The number of hydrogen-bond acceptors (Lipinski definition) is 7. The predicted molar refractivity (Wildman–Crippen MR) is 139 cm³/mol. The summed E-state index contributed by atoms with van der Waals surface area (Å²) in [6, 6.07) is 5.18. The fourth-order valence-electron chi connectivity index (χ4n) is 6.04. The molecule has 3 amide bonds. The fourth-order valence-corrected chi connectivity index (χ4v) is 6.04. The Morgan fingerprint density at radius 1 is 1.03 bits per heavy atom. The molecule has 10 heteroatoms. The molecular formula is C28H35N3O7. The molecule has 2 atom stereocenters. The monoisotopic (exact) mass is 525 g/mol. The van der Waals surface area contributed by atoms with Crippen molar-refractivity contribution in [2.45, 2.75) is 63.4 Å². The van der Waals surface area contributed by atoms with Crippen molar-refractivity contribution in [3.8, 4) is 5.75 Å². The highest BCUT2D eigenvalue weighted by atomic mass is 16.5. The van der Waals surface area contributed by atoms with Crippen LogP contribution in [0.1, 0.15) is 56.1 Å². The molecule has 1 aromatic heterocycles. The maximum absolute atomic E-state index is 12.6. The van der Waals surface area contributed by atoms with Crippen molar-refractivity contribution in [2.24, 2.45) is 5.92 Å². The topological polar surface area (TPSA) is 138 Å². The zero-order chi connectivity index (χ0) is 26.7. The molecule has 38 heavy (non-hydrogen) atoms. The summed E-state index contributed by atoms with van der Waals surface area (Å²) in [4.78, 5) is 50.9. The summed E-state index contributed by atoms with van der Waals surface area (Å²) in [6.45, 7) is 0.250. The second kappa shape index (κ2) is 11.1. The molecule has 3 N–H and O–H groups in total. The van der Waals surface area contributed by atoms with Crippen LogP contribution >= 0.6 is 0 Å². The van der Waals surface area contributed by atoms with Crippen LogP contribution < -0.4 is 21.0 Å². The molecular weight excluding hydrogens is 490 g/mol. The minimum atomic E-state index is -0.662. The molecule has 0 unspecified atom stereocenters. The van der Waals surface area contributed by atoms with Gasteiger partial charge in [0, 0.05) is 36.0 Å². The summed E-state index contributed by atoms with van der Waals surface area (Å²) in [5.41, 5.74) is 1.24. The average Bonchev–Trinajstić information content (AvgIpc) is 2.93. The van der Waals surface area contributed by atoms with Crippen LogP contribution in [0.3, 0.4) is 0 Å². The Balaban J connectivity index is 1.05. The molecule has 3 aliphatic rings. The molecule has 2 aromatic rings. The normalized spacial score (nSPS) is 22.8.